The van der Waals surface area contributed by atoms with E-state index >= 15 is 0 Å². The van der Waals surface area contributed by atoms with Gasteiger partial charge in [0.1, 0.15) is 0 Å². The molecule has 1 aromatic carbocycles. The van der Waals surface area contributed by atoms with E-state index < -0.39 is 0 Å². The van der Waals surface area contributed by atoms with Crippen molar-refractivity contribution in [2.75, 3.05) is 0 Å². The van der Waals surface area contributed by atoms with Crippen LogP contribution in [0.1, 0.15) is 41.6 Å². The maximum atomic E-state index is 12.1. The van der Waals surface area contributed by atoms with Gasteiger partial charge in [-0.15, -0.1) is 0 Å². The zero-order valence-corrected chi connectivity index (χ0v) is 11.7. The molecule has 2 fully saturated rings. The van der Waals surface area contributed by atoms with Crippen molar-refractivity contribution in [3.8, 4) is 0 Å². The molecule has 2 saturated carbocycles. The summed E-state index contributed by atoms with van der Waals surface area (Å²) in [5.41, 5.74) is 6.62. The van der Waals surface area contributed by atoms with Crippen LogP contribution < -0.4 is 10.9 Å². The van der Waals surface area contributed by atoms with Crippen molar-refractivity contribution >= 4 is 11.8 Å². The van der Waals surface area contributed by atoms with Gasteiger partial charge in [-0.1, -0.05) is 31.0 Å². The van der Waals surface area contributed by atoms with Gasteiger partial charge in [-0.25, -0.2) is 0 Å². The molecule has 0 saturated heterocycles. The van der Waals surface area contributed by atoms with Crippen LogP contribution in [0.3, 0.4) is 0 Å². The molecule has 2 amide bonds. The van der Waals surface area contributed by atoms with E-state index in [1.54, 1.807) is 6.07 Å². The zero-order valence-electron chi connectivity index (χ0n) is 11.7. The highest BCUT2D eigenvalue weighted by molar-refractivity contribution is 5.97. The van der Waals surface area contributed by atoms with E-state index in [4.69, 9.17) is 0 Å². The average molecular weight is 272 g/mol. The topological polar surface area (TPSA) is 58.2 Å². The largest absolute Gasteiger partial charge is 0.273 e. The highest BCUT2D eigenvalue weighted by Crippen LogP contribution is 2.55. The van der Waals surface area contributed by atoms with Gasteiger partial charge < -0.3 is 0 Å². The van der Waals surface area contributed by atoms with Gasteiger partial charge in [-0.3, -0.25) is 20.4 Å². The normalized spacial score (nSPS) is 27.4. The van der Waals surface area contributed by atoms with E-state index in [1.165, 1.54) is 12.8 Å². The molecule has 1 aromatic rings. The minimum absolute atomic E-state index is 0.0242. The Labute approximate surface area is 118 Å². The smallest absolute Gasteiger partial charge is 0.269 e. The molecule has 0 spiro atoms. The number of hydrazine groups is 1. The number of fused-ring (bicyclic) bond motifs is 1. The molecular weight excluding hydrogens is 252 g/mol. The first-order chi connectivity index (χ1) is 9.68. The Bertz CT molecular complexity index is 529. The number of rotatable bonds is 2. The fourth-order valence-corrected chi connectivity index (χ4v) is 3.48. The summed E-state index contributed by atoms with van der Waals surface area (Å²) < 4.78 is 0. The van der Waals surface area contributed by atoms with Crippen LogP contribution in [0.4, 0.5) is 0 Å². The quantitative estimate of drug-likeness (QED) is 0.811. The second-order valence-corrected chi connectivity index (χ2v) is 5.90. The number of nitrogens with one attached hydrogen (secondary N) is 2. The lowest BCUT2D eigenvalue weighted by Gasteiger charge is -2.08. The van der Waals surface area contributed by atoms with Crippen LogP contribution in [0.5, 0.6) is 0 Å². The number of hydrogen-bond donors (Lipinski definition) is 2. The fourth-order valence-electron chi connectivity index (χ4n) is 3.48. The molecule has 2 aliphatic rings. The van der Waals surface area contributed by atoms with Gasteiger partial charge in [0.25, 0.3) is 5.91 Å². The maximum absolute atomic E-state index is 12.1. The molecule has 2 aliphatic carbocycles. The number of amides is 2. The third-order valence-corrected chi connectivity index (χ3v) is 4.65. The summed E-state index contributed by atoms with van der Waals surface area (Å²) in [4.78, 5) is 24.1. The van der Waals surface area contributed by atoms with E-state index in [0.717, 1.165) is 18.4 Å². The molecular formula is C16H20N2O2. The van der Waals surface area contributed by atoms with Crippen molar-refractivity contribution in [2.45, 2.75) is 32.6 Å². The summed E-state index contributed by atoms with van der Waals surface area (Å²) in [5.74, 6) is 0.955. The van der Waals surface area contributed by atoms with E-state index in [-0.39, 0.29) is 17.7 Å². The molecule has 0 radical (unpaired) electrons. The molecule has 1 unspecified atom stereocenters. The predicted molar refractivity (Wildman–Crippen MR) is 75.7 cm³/mol. The highest BCUT2D eigenvalue weighted by Gasteiger charge is 2.54. The van der Waals surface area contributed by atoms with E-state index in [9.17, 15) is 9.59 Å². The van der Waals surface area contributed by atoms with Gasteiger partial charge in [0, 0.05) is 11.5 Å². The van der Waals surface area contributed by atoms with E-state index in [1.807, 2.05) is 25.1 Å². The zero-order chi connectivity index (χ0) is 14.1. The molecule has 4 heteroatoms. The predicted octanol–water partition coefficient (Wildman–Crippen LogP) is 2.19. The third-order valence-electron chi connectivity index (χ3n) is 4.65. The second kappa shape index (κ2) is 5.27. The van der Waals surface area contributed by atoms with Crippen molar-refractivity contribution in [1.82, 2.24) is 10.9 Å². The molecule has 3 rings (SSSR count). The molecule has 2 N–H and O–H groups in total. The van der Waals surface area contributed by atoms with Crippen molar-refractivity contribution < 1.29 is 9.59 Å². The lowest BCUT2D eigenvalue weighted by Crippen LogP contribution is -2.43. The van der Waals surface area contributed by atoms with Crippen molar-refractivity contribution in [1.29, 1.82) is 0 Å². The Morgan fingerprint density at radius 3 is 2.35 bits per heavy atom. The van der Waals surface area contributed by atoms with Crippen molar-refractivity contribution in [2.24, 2.45) is 17.8 Å². The Kier molecular flexibility index (Phi) is 3.47. The first kappa shape index (κ1) is 13.2. The minimum Gasteiger partial charge on any atom is -0.273 e. The van der Waals surface area contributed by atoms with Gasteiger partial charge >= 0.3 is 0 Å². The Balaban J connectivity index is 1.54. The average Bonchev–Trinajstić information content (AvgIpc) is 3.19. The lowest BCUT2D eigenvalue weighted by atomic mass is 10.0. The van der Waals surface area contributed by atoms with Crippen LogP contribution >= 0.6 is 0 Å². The summed E-state index contributed by atoms with van der Waals surface area (Å²) in [6.45, 7) is 1.88. The van der Waals surface area contributed by atoms with Crippen LogP contribution in [-0.2, 0) is 4.79 Å². The Morgan fingerprint density at radius 1 is 1.05 bits per heavy atom. The molecule has 20 heavy (non-hydrogen) atoms. The van der Waals surface area contributed by atoms with Crippen LogP contribution in [0.25, 0.3) is 0 Å². The van der Waals surface area contributed by atoms with Crippen LogP contribution in [0, 0.1) is 24.7 Å². The number of benzene rings is 1. The summed E-state index contributed by atoms with van der Waals surface area (Å²) in [6.07, 6.45) is 4.80. The second-order valence-electron chi connectivity index (χ2n) is 5.90. The molecule has 106 valence electrons. The number of carbonyl (C=O) groups excluding carboxylic acids is 2. The SMILES string of the molecule is Cc1ccccc1C(=O)NNC(=O)C1[C@H]2CCCC[C@@H]12. The Hall–Kier alpha value is -1.84. The monoisotopic (exact) mass is 272 g/mol. The Morgan fingerprint density at radius 2 is 1.70 bits per heavy atom. The van der Waals surface area contributed by atoms with Crippen LogP contribution in [0.2, 0.25) is 0 Å². The van der Waals surface area contributed by atoms with Gasteiger partial charge in [0.2, 0.25) is 5.91 Å². The molecule has 0 aliphatic heterocycles. The molecule has 0 aromatic heterocycles. The van der Waals surface area contributed by atoms with Gasteiger partial charge in [0.15, 0.2) is 0 Å². The highest BCUT2D eigenvalue weighted by atomic mass is 16.2. The number of carbonyl (C=O) groups is 2. The summed E-state index contributed by atoms with van der Waals surface area (Å²) in [7, 11) is 0. The van der Waals surface area contributed by atoms with Crippen LogP contribution in [0.15, 0.2) is 24.3 Å². The van der Waals surface area contributed by atoms with Gasteiger partial charge in [-0.05, 0) is 43.2 Å². The first-order valence-corrected chi connectivity index (χ1v) is 7.34. The maximum Gasteiger partial charge on any atom is 0.269 e. The van der Waals surface area contributed by atoms with E-state index in [2.05, 4.69) is 10.9 Å². The summed E-state index contributed by atoms with van der Waals surface area (Å²) >= 11 is 0. The molecule has 0 heterocycles. The van der Waals surface area contributed by atoms with Gasteiger partial charge in [-0.2, -0.15) is 0 Å². The third kappa shape index (κ3) is 2.42. The minimum atomic E-state index is -0.250. The molecule has 4 nitrogen and oxygen atoms in total. The number of aryl methyl sites for hydroxylation is 1. The number of hydrogen-bond acceptors (Lipinski definition) is 2. The summed E-state index contributed by atoms with van der Waals surface area (Å²) in [6, 6.07) is 7.35. The summed E-state index contributed by atoms with van der Waals surface area (Å²) in [5, 5.41) is 0. The standard InChI is InChI=1S/C16H20N2O2/c1-10-6-2-3-7-11(10)15(19)17-18-16(20)14-12-8-4-5-9-13(12)14/h2-3,6-7,12-14H,4-5,8-9H2,1H3,(H,17,19)(H,18,20)/t12-,13+,14?. The van der Waals surface area contributed by atoms with Crippen molar-refractivity contribution in [3.05, 3.63) is 35.4 Å². The van der Waals surface area contributed by atoms with Gasteiger partial charge in [0.05, 0.1) is 0 Å². The fraction of sp³-hybridized carbons (Fsp3) is 0.500. The lowest BCUT2D eigenvalue weighted by molar-refractivity contribution is -0.123. The molecule has 0 bridgehead atoms. The molecule has 3 atom stereocenters. The van der Waals surface area contributed by atoms with E-state index in [0.29, 0.717) is 17.4 Å². The van der Waals surface area contributed by atoms with Crippen molar-refractivity contribution in [3.63, 3.8) is 0 Å². The van der Waals surface area contributed by atoms with Crippen LogP contribution in [-0.4, -0.2) is 11.8 Å². The first-order valence-electron chi connectivity index (χ1n) is 7.34.